The molecule has 4 aromatic rings. The van der Waals surface area contributed by atoms with Gasteiger partial charge in [0, 0.05) is 23.3 Å². The lowest BCUT2D eigenvalue weighted by Crippen LogP contribution is -2.30. The third-order valence-electron chi connectivity index (χ3n) is 4.87. The molecule has 3 aromatic carbocycles. The van der Waals surface area contributed by atoms with E-state index in [2.05, 4.69) is 0 Å². The number of carboxylic acid groups (broad SMARTS) is 1. The fourth-order valence-corrected chi connectivity index (χ4v) is 3.58. The Labute approximate surface area is 177 Å². The van der Waals surface area contributed by atoms with Crippen LogP contribution in [0.4, 0.5) is 5.69 Å². The van der Waals surface area contributed by atoms with Crippen molar-refractivity contribution in [1.82, 2.24) is 4.57 Å². The van der Waals surface area contributed by atoms with Crippen molar-refractivity contribution in [1.29, 1.82) is 0 Å². The van der Waals surface area contributed by atoms with E-state index in [-0.39, 0.29) is 11.5 Å². The van der Waals surface area contributed by atoms with Crippen LogP contribution in [0.3, 0.4) is 0 Å². The Morgan fingerprint density at radius 3 is 1.94 bits per heavy atom. The van der Waals surface area contributed by atoms with Gasteiger partial charge in [-0.25, -0.2) is 14.1 Å². The third kappa shape index (κ3) is 3.74. The predicted octanol–water partition coefficient (Wildman–Crippen LogP) is 4.12. The molecule has 0 aliphatic rings. The van der Waals surface area contributed by atoms with E-state index in [1.54, 1.807) is 36.4 Å². The van der Waals surface area contributed by atoms with Gasteiger partial charge in [-0.15, -0.1) is 0 Å². The summed E-state index contributed by atoms with van der Waals surface area (Å²) in [5, 5.41) is 34.1. The molecule has 0 bridgehead atoms. The minimum absolute atomic E-state index is 0.0926. The van der Waals surface area contributed by atoms with Gasteiger partial charge in [-0.1, -0.05) is 60.7 Å². The lowest BCUT2D eigenvalue weighted by Gasteiger charge is -2.07. The number of carbonyl (C=O) groups is 1. The van der Waals surface area contributed by atoms with E-state index in [4.69, 9.17) is 0 Å². The van der Waals surface area contributed by atoms with Crippen LogP contribution in [0.2, 0.25) is 0 Å². The summed E-state index contributed by atoms with van der Waals surface area (Å²) < 4.78 is 2.13. The Balaban J connectivity index is 2.06. The van der Waals surface area contributed by atoms with Crippen LogP contribution in [-0.2, 0) is 11.3 Å². The summed E-state index contributed by atoms with van der Waals surface area (Å²) in [5.41, 5.74) is 2.33. The molecule has 8 nitrogen and oxygen atoms in total. The predicted molar refractivity (Wildman–Crippen MR) is 114 cm³/mol. The number of benzene rings is 3. The highest BCUT2D eigenvalue weighted by Gasteiger charge is 2.32. The molecule has 0 spiro atoms. The molecule has 1 heterocycles. The number of aliphatic carboxylic acids is 1. The van der Waals surface area contributed by atoms with Crippen molar-refractivity contribution in [2.75, 3.05) is 0 Å². The normalized spacial score (nSPS) is 10.7. The molecule has 0 radical (unpaired) electrons. The van der Waals surface area contributed by atoms with Crippen LogP contribution < -0.4 is 4.73 Å². The second-order valence-corrected chi connectivity index (χ2v) is 6.83. The number of non-ortho nitro benzene ring substituents is 1. The second kappa shape index (κ2) is 8.11. The number of imidazole rings is 1. The zero-order chi connectivity index (χ0) is 22.0. The second-order valence-electron chi connectivity index (χ2n) is 6.83. The molecule has 8 heteroatoms. The minimum Gasteiger partial charge on any atom is -0.710 e. The number of rotatable bonds is 6. The summed E-state index contributed by atoms with van der Waals surface area (Å²) in [6, 6.07) is 23.5. The zero-order valence-corrected chi connectivity index (χ0v) is 16.2. The van der Waals surface area contributed by atoms with E-state index in [0.717, 1.165) is 0 Å². The molecule has 1 N–H and O–H groups in total. The lowest BCUT2D eigenvalue weighted by atomic mass is 10.0. The van der Waals surface area contributed by atoms with Gasteiger partial charge in [0.1, 0.15) is 0 Å². The molecule has 0 saturated carbocycles. The Morgan fingerprint density at radius 2 is 1.42 bits per heavy atom. The Morgan fingerprint density at radius 1 is 0.871 bits per heavy atom. The van der Waals surface area contributed by atoms with Crippen LogP contribution in [0.5, 0.6) is 0 Å². The molecule has 0 aliphatic heterocycles. The topological polar surface area (TPSA) is 112 Å². The van der Waals surface area contributed by atoms with Gasteiger partial charge in [-0.3, -0.25) is 10.1 Å². The number of nitro benzene ring substituents is 1. The van der Waals surface area contributed by atoms with E-state index in [1.807, 2.05) is 24.3 Å². The number of hydrogen-bond acceptors (Lipinski definition) is 4. The Kier molecular flexibility index (Phi) is 5.19. The smallest absolute Gasteiger partial charge is 0.346 e. The maximum absolute atomic E-state index is 13.6. The van der Waals surface area contributed by atoms with Gasteiger partial charge < -0.3 is 10.3 Å². The van der Waals surface area contributed by atoms with Crippen molar-refractivity contribution in [2.24, 2.45) is 0 Å². The van der Waals surface area contributed by atoms with Crippen molar-refractivity contribution in [3.8, 4) is 33.9 Å². The number of aromatic nitrogens is 2. The van der Waals surface area contributed by atoms with Crippen LogP contribution >= 0.6 is 0 Å². The first-order chi connectivity index (χ1) is 15.0. The standard InChI is InChI=1S/C23H17N3O5/c27-20(28)15-24-21(16-7-3-1-4-8-16)22(17-9-5-2-6-10-17)25(29)23(24)18-11-13-19(14-12-18)26(30)31/h1-14H,15H2,(H,27,28). The summed E-state index contributed by atoms with van der Waals surface area (Å²) >= 11 is 0. The molecule has 154 valence electrons. The summed E-state index contributed by atoms with van der Waals surface area (Å²) in [6.45, 7) is -0.453. The summed E-state index contributed by atoms with van der Waals surface area (Å²) in [7, 11) is 0. The van der Waals surface area contributed by atoms with E-state index in [1.165, 1.54) is 28.8 Å². The van der Waals surface area contributed by atoms with E-state index in [0.29, 0.717) is 32.8 Å². The fourth-order valence-electron chi connectivity index (χ4n) is 3.58. The van der Waals surface area contributed by atoms with E-state index in [9.17, 15) is 25.2 Å². The van der Waals surface area contributed by atoms with Crippen molar-refractivity contribution >= 4 is 11.7 Å². The SMILES string of the molecule is O=C(O)Cn1c(-c2ccccc2)c(-c2ccccc2)[n+]([O-])c1-c1ccc([N+](=O)[O-])cc1. The van der Waals surface area contributed by atoms with E-state index < -0.39 is 17.4 Å². The van der Waals surface area contributed by atoms with Gasteiger partial charge in [0.2, 0.25) is 0 Å². The van der Waals surface area contributed by atoms with Crippen molar-refractivity contribution in [2.45, 2.75) is 6.54 Å². The van der Waals surface area contributed by atoms with Crippen molar-refractivity contribution in [3.63, 3.8) is 0 Å². The molecule has 31 heavy (non-hydrogen) atoms. The first-order valence-electron chi connectivity index (χ1n) is 9.41. The Hall–Kier alpha value is -4.46. The molecular formula is C23H17N3O5. The molecule has 4 rings (SSSR count). The highest BCUT2D eigenvalue weighted by atomic mass is 16.6. The van der Waals surface area contributed by atoms with Gasteiger partial charge in [-0.2, -0.15) is 0 Å². The van der Waals surface area contributed by atoms with Crippen molar-refractivity contribution < 1.29 is 19.6 Å². The number of nitrogens with zero attached hydrogens (tertiary/aromatic N) is 3. The number of nitro groups is 1. The molecule has 0 aliphatic carbocycles. The van der Waals surface area contributed by atoms with Crippen LogP contribution in [0.25, 0.3) is 33.9 Å². The average molecular weight is 415 g/mol. The fraction of sp³-hybridized carbons (Fsp3) is 0.0435. The zero-order valence-electron chi connectivity index (χ0n) is 16.2. The van der Waals surface area contributed by atoms with Gasteiger partial charge in [0.25, 0.3) is 11.5 Å². The third-order valence-corrected chi connectivity index (χ3v) is 4.87. The molecule has 0 atom stereocenters. The van der Waals surface area contributed by atoms with Gasteiger partial charge >= 0.3 is 5.97 Å². The highest BCUT2D eigenvalue weighted by molar-refractivity contribution is 5.81. The van der Waals surface area contributed by atoms with Crippen LogP contribution in [0.1, 0.15) is 0 Å². The summed E-state index contributed by atoms with van der Waals surface area (Å²) in [5.74, 6) is -1.02. The molecular weight excluding hydrogens is 398 g/mol. The summed E-state index contributed by atoms with van der Waals surface area (Å²) in [4.78, 5) is 22.2. The monoisotopic (exact) mass is 415 g/mol. The lowest BCUT2D eigenvalue weighted by molar-refractivity contribution is -0.581. The number of hydrogen-bond donors (Lipinski definition) is 1. The van der Waals surface area contributed by atoms with Gasteiger partial charge in [0.05, 0.1) is 10.5 Å². The van der Waals surface area contributed by atoms with Crippen molar-refractivity contribution in [3.05, 3.63) is 100 Å². The Bertz CT molecular complexity index is 1250. The van der Waals surface area contributed by atoms with E-state index >= 15 is 0 Å². The van der Waals surface area contributed by atoms with Gasteiger partial charge in [-0.05, 0) is 12.1 Å². The van der Waals surface area contributed by atoms with Gasteiger partial charge in [0.15, 0.2) is 17.9 Å². The molecule has 0 fully saturated rings. The quantitative estimate of drug-likeness (QED) is 0.220. The maximum Gasteiger partial charge on any atom is 0.346 e. The molecule has 0 saturated heterocycles. The first kappa shape index (κ1) is 19.8. The van der Waals surface area contributed by atoms with Crippen LogP contribution in [-0.4, -0.2) is 20.6 Å². The first-order valence-corrected chi connectivity index (χ1v) is 9.41. The minimum atomic E-state index is -1.12. The summed E-state index contributed by atoms with van der Waals surface area (Å²) in [6.07, 6.45) is 0. The highest BCUT2D eigenvalue weighted by Crippen LogP contribution is 2.35. The average Bonchev–Trinajstić information content (AvgIpc) is 3.06. The molecule has 0 amide bonds. The van der Waals surface area contributed by atoms with Crippen LogP contribution in [0.15, 0.2) is 84.9 Å². The molecule has 0 unspecified atom stereocenters. The largest absolute Gasteiger partial charge is 0.710 e. The maximum atomic E-state index is 13.6. The molecule has 1 aromatic heterocycles. The number of carboxylic acids is 1. The van der Waals surface area contributed by atoms with Crippen LogP contribution in [0, 0.1) is 15.3 Å².